The number of hydrogen-bond acceptors (Lipinski definition) is 8. The first-order chi connectivity index (χ1) is 28.1. The van der Waals surface area contributed by atoms with Crippen molar-refractivity contribution in [2.24, 2.45) is 28.9 Å². The number of aromatic nitrogens is 2. The number of carbonyl (C=O) groups is 2. The molecule has 0 bridgehead atoms. The summed E-state index contributed by atoms with van der Waals surface area (Å²) in [4.78, 5) is 36.4. The molecule has 2 aromatic heterocycles. The molecule has 1 saturated heterocycles. The number of nitrogens with zero attached hydrogens (tertiary/aromatic N) is 4. The predicted octanol–water partition coefficient (Wildman–Crippen LogP) is 8.10. The van der Waals surface area contributed by atoms with Crippen LogP contribution in [0.25, 0.3) is 22.2 Å². The Morgan fingerprint density at radius 1 is 1.07 bits per heavy atom. The predicted molar refractivity (Wildman–Crippen MR) is 242 cm³/mol. The summed E-state index contributed by atoms with van der Waals surface area (Å²) in [6, 6.07) is 8.43. The highest BCUT2D eigenvalue weighted by atomic mass is 16.5. The summed E-state index contributed by atoms with van der Waals surface area (Å²) >= 11 is 0. The van der Waals surface area contributed by atoms with Gasteiger partial charge in [-0.15, -0.1) is 0 Å². The van der Waals surface area contributed by atoms with Gasteiger partial charge in [0.2, 0.25) is 11.8 Å². The zero-order chi connectivity index (χ0) is 43.4. The van der Waals surface area contributed by atoms with E-state index in [4.69, 9.17) is 20.2 Å². The molecule has 1 aliphatic heterocycles. The summed E-state index contributed by atoms with van der Waals surface area (Å²) in [7, 11) is 3.57. The highest BCUT2D eigenvalue weighted by Crippen LogP contribution is 2.43. The highest BCUT2D eigenvalue weighted by molar-refractivity contribution is 5.95. The minimum absolute atomic E-state index is 0.0127. The number of carbonyl (C=O) groups excluding carboxylic acids is 2. The summed E-state index contributed by atoms with van der Waals surface area (Å²) in [5, 5.41) is 14.7. The van der Waals surface area contributed by atoms with Crippen LogP contribution in [0.3, 0.4) is 0 Å². The van der Waals surface area contributed by atoms with Gasteiger partial charge in [-0.3, -0.25) is 14.6 Å². The fourth-order valence-corrected chi connectivity index (χ4v) is 8.29. The summed E-state index contributed by atoms with van der Waals surface area (Å²) in [6.07, 6.45) is 8.02. The fraction of sp³-hybridized carbons (Fsp3) is 0.688. The van der Waals surface area contributed by atoms with Gasteiger partial charge in [0.1, 0.15) is 6.04 Å². The summed E-state index contributed by atoms with van der Waals surface area (Å²) in [6.45, 7) is 23.8. The van der Waals surface area contributed by atoms with E-state index in [1.165, 1.54) is 27.7 Å². The van der Waals surface area contributed by atoms with Crippen LogP contribution in [0.15, 0.2) is 30.5 Å². The number of nitrogens with two attached hydrogens (primary N) is 1. The van der Waals surface area contributed by atoms with E-state index >= 15 is 0 Å². The maximum absolute atomic E-state index is 14.0. The molecule has 2 amide bonds. The van der Waals surface area contributed by atoms with E-state index < -0.39 is 6.04 Å². The van der Waals surface area contributed by atoms with E-state index in [0.29, 0.717) is 38.5 Å². The van der Waals surface area contributed by atoms with E-state index in [-0.39, 0.29) is 47.7 Å². The first-order valence-corrected chi connectivity index (χ1v) is 22.5. The van der Waals surface area contributed by atoms with Gasteiger partial charge in [0, 0.05) is 87.8 Å². The topological polar surface area (TPSA) is 135 Å². The number of methoxy groups -OCH3 is 1. The molecule has 1 aliphatic rings. The van der Waals surface area contributed by atoms with Crippen LogP contribution in [0.1, 0.15) is 130 Å². The highest BCUT2D eigenvalue weighted by Gasteiger charge is 2.33. The van der Waals surface area contributed by atoms with Crippen molar-refractivity contribution >= 4 is 28.4 Å². The van der Waals surface area contributed by atoms with Gasteiger partial charge in [-0.2, -0.15) is 0 Å². The Balaban J connectivity index is 1.80. The summed E-state index contributed by atoms with van der Waals surface area (Å²) in [5.41, 5.74) is 13.8. The molecule has 330 valence electrons. The Morgan fingerprint density at radius 2 is 1.78 bits per heavy atom. The molecular formula is C48H78N6O5. The lowest BCUT2D eigenvalue weighted by atomic mass is 9.81. The number of hydrogen-bond donors (Lipinski definition) is 3. The number of aliphatic hydroxyl groups is 1. The molecule has 3 heterocycles. The molecule has 1 fully saturated rings. The Hall–Kier alpha value is -3.51. The molecular weight excluding hydrogens is 741 g/mol. The van der Waals surface area contributed by atoms with Gasteiger partial charge in [0.15, 0.2) is 0 Å². The van der Waals surface area contributed by atoms with Gasteiger partial charge >= 0.3 is 0 Å². The maximum atomic E-state index is 14.0. The third kappa shape index (κ3) is 12.1. The number of nitrogens with one attached hydrogen (secondary N) is 1. The van der Waals surface area contributed by atoms with Crippen LogP contribution in [-0.2, 0) is 32.0 Å². The number of ether oxygens (including phenoxy) is 2. The fourth-order valence-electron chi connectivity index (χ4n) is 8.29. The normalized spacial score (nSPS) is 16.0. The smallest absolute Gasteiger partial charge is 0.245 e. The molecule has 4 rings (SSSR count). The number of fused-ring (bicyclic) bond motifs is 1. The molecule has 11 heteroatoms. The van der Waals surface area contributed by atoms with Crippen LogP contribution in [0.2, 0.25) is 0 Å². The molecule has 11 nitrogen and oxygen atoms in total. The van der Waals surface area contributed by atoms with Crippen molar-refractivity contribution in [1.82, 2.24) is 19.8 Å². The zero-order valence-corrected chi connectivity index (χ0v) is 38.4. The van der Waals surface area contributed by atoms with Gasteiger partial charge in [0.05, 0.1) is 24.1 Å². The molecule has 4 N–H and O–H groups in total. The van der Waals surface area contributed by atoms with Gasteiger partial charge in [0.25, 0.3) is 0 Å². The number of anilines is 1. The van der Waals surface area contributed by atoms with E-state index in [1.54, 1.807) is 12.0 Å². The average Bonchev–Trinajstić information content (AvgIpc) is 3.54. The van der Waals surface area contributed by atoms with Crippen LogP contribution in [0.5, 0.6) is 0 Å². The first kappa shape index (κ1) is 48.2. The maximum Gasteiger partial charge on any atom is 0.245 e. The molecule has 4 atom stereocenters. The Labute approximate surface area is 355 Å². The molecule has 1 aromatic carbocycles. The lowest BCUT2D eigenvalue weighted by molar-refractivity contribution is -0.138. The monoisotopic (exact) mass is 819 g/mol. The van der Waals surface area contributed by atoms with Gasteiger partial charge in [-0.25, -0.2) is 0 Å². The number of rotatable bonds is 23. The van der Waals surface area contributed by atoms with Crippen molar-refractivity contribution < 1.29 is 24.2 Å². The Morgan fingerprint density at radius 3 is 2.39 bits per heavy atom. The van der Waals surface area contributed by atoms with E-state index in [9.17, 15) is 14.7 Å². The third-order valence-electron chi connectivity index (χ3n) is 13.2. The molecule has 0 spiro atoms. The number of amides is 2. The molecule has 0 aliphatic carbocycles. The molecule has 59 heavy (non-hydrogen) atoms. The Bertz CT molecular complexity index is 1800. The zero-order valence-electron chi connectivity index (χ0n) is 38.4. The van der Waals surface area contributed by atoms with Gasteiger partial charge in [-0.05, 0) is 117 Å². The van der Waals surface area contributed by atoms with Crippen molar-refractivity contribution in [2.45, 2.75) is 132 Å². The van der Waals surface area contributed by atoms with Crippen LogP contribution in [0.4, 0.5) is 5.69 Å². The average molecular weight is 819 g/mol. The Kier molecular flexibility index (Phi) is 18.3. The second kappa shape index (κ2) is 22.4. The van der Waals surface area contributed by atoms with Crippen molar-refractivity contribution in [1.29, 1.82) is 0 Å². The van der Waals surface area contributed by atoms with E-state index in [2.05, 4.69) is 86.8 Å². The molecule has 0 radical (unpaired) electrons. The second-order valence-corrected chi connectivity index (χ2v) is 18.2. The molecule has 4 unspecified atom stereocenters. The van der Waals surface area contributed by atoms with Crippen LogP contribution < -0.4 is 16.0 Å². The number of unbranched alkanes of at least 4 members (excludes halogenated alkanes) is 1. The van der Waals surface area contributed by atoms with Crippen LogP contribution in [0, 0.1) is 23.2 Å². The standard InChI is InChI=1S/C48H78N6O5/c1-12-48(8,9)30-41-39-29-38(53(24-25-55)23-18-33(5)43(51-46(56)34(6)32(3)4)47(57)52(10)22-15-14-21-49)16-17-42(39)54(13-2)45(41)40-28-37(36-19-26-59-27-20-36)31-50-44(40)35(7)58-11/h16-17,28-29,31-36,43,55H,12-15,18-27,30,49H2,1-11H3,(H,51,56). The number of aliphatic hydroxyl groups excluding tert-OH is 1. The quantitative estimate of drug-likeness (QED) is 0.0818. The number of aryl methyl sites for hydroxylation is 1. The molecule has 3 aromatic rings. The third-order valence-corrected chi connectivity index (χ3v) is 13.2. The minimum Gasteiger partial charge on any atom is -0.395 e. The van der Waals surface area contributed by atoms with E-state index in [0.717, 1.165) is 75.2 Å². The van der Waals surface area contributed by atoms with Gasteiger partial charge in [-0.1, -0.05) is 54.9 Å². The van der Waals surface area contributed by atoms with Crippen molar-refractivity contribution in [3.05, 3.63) is 47.3 Å². The largest absolute Gasteiger partial charge is 0.395 e. The van der Waals surface area contributed by atoms with Crippen molar-refractivity contribution in [3.8, 4) is 11.3 Å². The SMILES string of the molecule is CCn1c(-c2cc(C3CCOCC3)cnc2C(C)OC)c(CC(C)(C)CC)c2cc(N(CCO)CCC(C)C(NC(=O)C(C)C(C)C)C(=O)N(C)CCCCN)ccc21. The lowest BCUT2D eigenvalue weighted by Gasteiger charge is -2.32. The molecule has 0 saturated carbocycles. The van der Waals surface area contributed by atoms with Crippen molar-refractivity contribution in [2.75, 3.05) is 65.1 Å². The number of likely N-dealkylation sites (N-methyl/N-ethyl adjacent to an activating group) is 1. The lowest BCUT2D eigenvalue weighted by Crippen LogP contribution is -2.53. The number of benzene rings is 1. The minimum atomic E-state index is -0.664. The summed E-state index contributed by atoms with van der Waals surface area (Å²) in [5.74, 6) is -0.0128. The first-order valence-electron chi connectivity index (χ1n) is 22.5. The van der Waals surface area contributed by atoms with Crippen molar-refractivity contribution in [3.63, 3.8) is 0 Å². The summed E-state index contributed by atoms with van der Waals surface area (Å²) < 4.78 is 14.1. The van der Waals surface area contributed by atoms with E-state index in [1.807, 2.05) is 27.8 Å². The van der Waals surface area contributed by atoms with Crippen LogP contribution in [-0.4, -0.2) is 97.6 Å². The van der Waals surface area contributed by atoms with Crippen LogP contribution >= 0.6 is 0 Å². The number of pyridine rings is 1. The second-order valence-electron chi connectivity index (χ2n) is 18.2. The van der Waals surface area contributed by atoms with Gasteiger partial charge < -0.3 is 40.0 Å².